The molecule has 1 amide bonds. The summed E-state index contributed by atoms with van der Waals surface area (Å²) in [5, 5.41) is 7.88. The molecule has 5 nitrogen and oxygen atoms in total. The van der Waals surface area contributed by atoms with Crippen LogP contribution in [0.3, 0.4) is 0 Å². The fourth-order valence-corrected chi connectivity index (χ4v) is 6.98. The first-order chi connectivity index (χ1) is 14.0. The fraction of sp³-hybridized carbons (Fsp3) is 0.625. The smallest absolute Gasteiger partial charge is 0.220 e. The van der Waals surface area contributed by atoms with Crippen molar-refractivity contribution >= 4 is 5.91 Å². The summed E-state index contributed by atoms with van der Waals surface area (Å²) in [6.07, 6.45) is 11.5. The Morgan fingerprint density at radius 2 is 1.83 bits per heavy atom. The molecule has 0 aliphatic heterocycles. The van der Waals surface area contributed by atoms with E-state index < -0.39 is 0 Å². The van der Waals surface area contributed by atoms with Gasteiger partial charge in [0.2, 0.25) is 5.91 Å². The summed E-state index contributed by atoms with van der Waals surface area (Å²) in [6, 6.07) is 5.86. The summed E-state index contributed by atoms with van der Waals surface area (Å²) in [7, 11) is 0. The minimum Gasteiger partial charge on any atom is -0.356 e. The number of hydrogen-bond acceptors (Lipinski definition) is 3. The molecule has 4 saturated carbocycles. The molecule has 5 heteroatoms. The first kappa shape index (κ1) is 18.8. The third-order valence-corrected chi connectivity index (χ3v) is 7.71. The van der Waals surface area contributed by atoms with E-state index in [-0.39, 0.29) is 5.91 Å². The van der Waals surface area contributed by atoms with Gasteiger partial charge in [0.25, 0.3) is 0 Å². The molecule has 2 aromatic rings. The van der Waals surface area contributed by atoms with E-state index in [1.165, 1.54) is 44.1 Å². The third kappa shape index (κ3) is 3.60. The van der Waals surface area contributed by atoms with Crippen molar-refractivity contribution in [2.45, 2.75) is 65.2 Å². The average molecular weight is 393 g/mol. The van der Waals surface area contributed by atoms with Crippen molar-refractivity contribution in [1.82, 2.24) is 20.1 Å². The van der Waals surface area contributed by atoms with Crippen LogP contribution in [0.15, 0.2) is 24.4 Å². The van der Waals surface area contributed by atoms with Gasteiger partial charge in [-0.05, 0) is 99.7 Å². The van der Waals surface area contributed by atoms with Crippen molar-refractivity contribution in [2.24, 2.45) is 23.2 Å². The summed E-state index contributed by atoms with van der Waals surface area (Å²) in [5.74, 6) is 3.79. The highest BCUT2D eigenvalue weighted by atomic mass is 16.1. The quantitative estimate of drug-likeness (QED) is 0.803. The summed E-state index contributed by atoms with van der Waals surface area (Å²) in [5.41, 5.74) is 3.65. The van der Waals surface area contributed by atoms with E-state index in [1.54, 1.807) is 6.20 Å². The molecular formula is C24H32N4O. The van der Waals surface area contributed by atoms with Gasteiger partial charge in [-0.25, -0.2) is 9.67 Å². The van der Waals surface area contributed by atoms with Gasteiger partial charge in [0.05, 0.1) is 5.69 Å². The minimum absolute atomic E-state index is 0.249. The Hall–Kier alpha value is -2.17. The molecule has 0 spiro atoms. The fourth-order valence-electron chi connectivity index (χ4n) is 6.98. The Kier molecular flexibility index (Phi) is 4.72. The summed E-state index contributed by atoms with van der Waals surface area (Å²) in [6.45, 7) is 4.81. The number of aromatic nitrogens is 3. The number of carbonyl (C=O) groups is 1. The molecule has 29 heavy (non-hydrogen) atoms. The summed E-state index contributed by atoms with van der Waals surface area (Å²) in [4.78, 5) is 17.2. The van der Waals surface area contributed by atoms with E-state index in [4.69, 9.17) is 0 Å². The maximum Gasteiger partial charge on any atom is 0.220 e. The van der Waals surface area contributed by atoms with Crippen molar-refractivity contribution in [3.63, 3.8) is 0 Å². The van der Waals surface area contributed by atoms with Gasteiger partial charge in [0, 0.05) is 24.9 Å². The van der Waals surface area contributed by atoms with Crippen LogP contribution in [-0.4, -0.2) is 27.2 Å². The van der Waals surface area contributed by atoms with Gasteiger partial charge in [-0.2, -0.15) is 5.10 Å². The average Bonchev–Trinajstić information content (AvgIpc) is 2.95. The van der Waals surface area contributed by atoms with Crippen molar-refractivity contribution < 1.29 is 4.79 Å². The molecule has 0 saturated heterocycles. The van der Waals surface area contributed by atoms with E-state index >= 15 is 0 Å². The molecule has 6 rings (SSSR count). The molecule has 0 unspecified atom stereocenters. The zero-order valence-electron chi connectivity index (χ0n) is 17.7. The first-order valence-corrected chi connectivity index (χ1v) is 11.2. The Balaban J connectivity index is 1.19. The standard InChI is InChI=1S/C24H32N4O/c1-16-21(17(2)28(27-16)22-5-3-4-7-25-22)6-8-26-23(29)15-24-12-18-9-19(13-24)11-20(10-18)14-24/h3-5,7,18-20H,6,8-15H2,1-2H3,(H,26,29). The highest BCUT2D eigenvalue weighted by molar-refractivity contribution is 5.76. The zero-order valence-corrected chi connectivity index (χ0v) is 17.7. The topological polar surface area (TPSA) is 59.8 Å². The van der Waals surface area contributed by atoms with Crippen LogP contribution in [-0.2, 0) is 11.2 Å². The number of amides is 1. The summed E-state index contributed by atoms with van der Waals surface area (Å²) >= 11 is 0. The predicted octanol–water partition coefficient (Wildman–Crippen LogP) is 4.15. The van der Waals surface area contributed by atoms with Crippen LogP contribution < -0.4 is 5.32 Å². The lowest BCUT2D eigenvalue weighted by Gasteiger charge is -2.56. The van der Waals surface area contributed by atoms with Crippen molar-refractivity contribution in [1.29, 1.82) is 0 Å². The number of hydrogen-bond donors (Lipinski definition) is 1. The van der Waals surface area contributed by atoms with Crippen LogP contribution in [0.1, 0.15) is 61.9 Å². The number of pyridine rings is 1. The van der Waals surface area contributed by atoms with E-state index in [1.807, 2.05) is 29.8 Å². The van der Waals surface area contributed by atoms with Crippen molar-refractivity contribution in [3.05, 3.63) is 41.3 Å². The monoisotopic (exact) mass is 392 g/mol. The second-order valence-corrected chi connectivity index (χ2v) is 9.94. The lowest BCUT2D eigenvalue weighted by Crippen LogP contribution is -2.48. The highest BCUT2D eigenvalue weighted by Crippen LogP contribution is 2.61. The molecule has 0 atom stereocenters. The number of rotatable bonds is 6. The largest absolute Gasteiger partial charge is 0.356 e. The first-order valence-electron chi connectivity index (χ1n) is 11.2. The van der Waals surface area contributed by atoms with Crippen LogP contribution in [0.25, 0.3) is 5.82 Å². The molecular weight excluding hydrogens is 360 g/mol. The van der Waals surface area contributed by atoms with Crippen LogP contribution in [0.4, 0.5) is 0 Å². The highest BCUT2D eigenvalue weighted by Gasteiger charge is 2.51. The molecule has 154 valence electrons. The Morgan fingerprint density at radius 3 is 2.45 bits per heavy atom. The van der Waals surface area contributed by atoms with E-state index in [0.717, 1.165) is 47.8 Å². The Morgan fingerprint density at radius 1 is 1.14 bits per heavy atom. The molecule has 0 radical (unpaired) electrons. The lowest BCUT2D eigenvalue weighted by atomic mass is 9.49. The molecule has 2 aromatic heterocycles. The van der Waals surface area contributed by atoms with Crippen molar-refractivity contribution in [3.8, 4) is 5.82 Å². The molecule has 4 bridgehead atoms. The van der Waals surface area contributed by atoms with Crippen LogP contribution in [0.5, 0.6) is 0 Å². The minimum atomic E-state index is 0.249. The number of nitrogens with zero attached hydrogens (tertiary/aromatic N) is 3. The number of carbonyl (C=O) groups excluding carboxylic acids is 1. The lowest BCUT2D eigenvalue weighted by molar-refractivity contribution is -0.129. The Bertz CT molecular complexity index is 866. The summed E-state index contributed by atoms with van der Waals surface area (Å²) < 4.78 is 1.90. The van der Waals surface area contributed by atoms with Gasteiger partial charge in [0.1, 0.15) is 0 Å². The maximum absolute atomic E-state index is 12.8. The maximum atomic E-state index is 12.8. The van der Waals surface area contributed by atoms with Crippen LogP contribution in [0.2, 0.25) is 0 Å². The van der Waals surface area contributed by atoms with Gasteiger partial charge >= 0.3 is 0 Å². The van der Waals surface area contributed by atoms with Gasteiger partial charge < -0.3 is 5.32 Å². The molecule has 1 N–H and O–H groups in total. The SMILES string of the molecule is Cc1nn(-c2ccccn2)c(C)c1CCNC(=O)CC12CC3CC(CC(C3)C1)C2. The molecule has 4 fully saturated rings. The van der Waals surface area contributed by atoms with Crippen LogP contribution >= 0.6 is 0 Å². The molecule has 0 aromatic carbocycles. The molecule has 4 aliphatic carbocycles. The van der Waals surface area contributed by atoms with Gasteiger partial charge in [-0.15, -0.1) is 0 Å². The molecule has 2 heterocycles. The second kappa shape index (κ2) is 7.26. The Labute approximate surface area is 173 Å². The van der Waals surface area contributed by atoms with Gasteiger partial charge in [-0.3, -0.25) is 4.79 Å². The number of aryl methyl sites for hydroxylation is 1. The van der Waals surface area contributed by atoms with Gasteiger partial charge in [0.15, 0.2) is 5.82 Å². The second-order valence-electron chi connectivity index (χ2n) is 9.94. The van der Waals surface area contributed by atoms with Crippen LogP contribution in [0, 0.1) is 37.0 Å². The molecule has 4 aliphatic rings. The zero-order chi connectivity index (χ0) is 20.0. The van der Waals surface area contributed by atoms with Crippen molar-refractivity contribution in [2.75, 3.05) is 6.54 Å². The normalized spacial score (nSPS) is 29.9. The van der Waals surface area contributed by atoms with Gasteiger partial charge in [-0.1, -0.05) is 6.07 Å². The van der Waals surface area contributed by atoms with E-state index in [0.29, 0.717) is 12.0 Å². The predicted molar refractivity (Wildman–Crippen MR) is 113 cm³/mol. The number of nitrogens with one attached hydrogen (secondary N) is 1. The third-order valence-electron chi connectivity index (χ3n) is 7.71. The van der Waals surface area contributed by atoms with E-state index in [2.05, 4.69) is 22.3 Å². The van der Waals surface area contributed by atoms with E-state index in [9.17, 15) is 4.79 Å².